The molecule has 0 saturated carbocycles. The lowest BCUT2D eigenvalue weighted by Crippen LogP contribution is -2.38. The van der Waals surface area contributed by atoms with Crippen LogP contribution in [0.15, 0.2) is 76.4 Å². The van der Waals surface area contributed by atoms with Crippen molar-refractivity contribution in [3.63, 3.8) is 0 Å². The minimum Gasteiger partial charge on any atom is -0.431 e. The van der Waals surface area contributed by atoms with Crippen LogP contribution in [0.4, 0.5) is 14.5 Å². The minimum absolute atomic E-state index is 0.235. The van der Waals surface area contributed by atoms with Gasteiger partial charge < -0.3 is 14.6 Å². The van der Waals surface area contributed by atoms with Crippen LogP contribution in [0.1, 0.15) is 22.8 Å². The number of nitrogens with zero attached hydrogens (tertiary/aromatic N) is 2. The Labute approximate surface area is 199 Å². The molecule has 2 amide bonds. The van der Waals surface area contributed by atoms with Crippen LogP contribution < -0.4 is 5.32 Å². The number of hydrogen-bond acceptors (Lipinski definition) is 5. The summed E-state index contributed by atoms with van der Waals surface area (Å²) in [4.78, 5) is 31.4. The van der Waals surface area contributed by atoms with E-state index < -0.39 is 23.2 Å². The maximum absolute atomic E-state index is 13.8. The zero-order chi connectivity index (χ0) is 24.1. The summed E-state index contributed by atoms with van der Waals surface area (Å²) in [5.41, 5.74) is 2.08. The number of benzene rings is 3. The predicted octanol–water partition coefficient (Wildman–Crippen LogP) is 5.50. The van der Waals surface area contributed by atoms with Crippen LogP contribution in [-0.4, -0.2) is 34.8 Å². The number of rotatable bonds is 8. The van der Waals surface area contributed by atoms with Crippen LogP contribution in [0.3, 0.4) is 0 Å². The van der Waals surface area contributed by atoms with E-state index in [0.29, 0.717) is 22.1 Å². The van der Waals surface area contributed by atoms with Gasteiger partial charge in [0.2, 0.25) is 5.91 Å². The van der Waals surface area contributed by atoms with Crippen LogP contribution in [0, 0.1) is 11.6 Å². The predicted molar refractivity (Wildman–Crippen MR) is 127 cm³/mol. The summed E-state index contributed by atoms with van der Waals surface area (Å²) in [6.45, 7) is 1.61. The highest BCUT2D eigenvalue weighted by atomic mass is 32.2. The molecule has 0 bridgehead atoms. The van der Waals surface area contributed by atoms with Crippen molar-refractivity contribution in [1.29, 1.82) is 0 Å². The number of likely N-dealkylation sites (N-methyl/N-ethyl adjacent to an activating group) is 1. The van der Waals surface area contributed by atoms with Gasteiger partial charge in [-0.15, -0.1) is 0 Å². The fourth-order valence-electron chi connectivity index (χ4n) is 3.37. The number of nitrogens with one attached hydrogen (secondary N) is 1. The number of hydrogen-bond donors (Lipinski definition) is 1. The molecule has 0 radical (unpaired) electrons. The highest BCUT2D eigenvalue weighted by Gasteiger charge is 2.21. The zero-order valence-corrected chi connectivity index (χ0v) is 19.1. The molecule has 6 nitrogen and oxygen atoms in total. The Kier molecular flexibility index (Phi) is 7.22. The van der Waals surface area contributed by atoms with Crippen LogP contribution in [0.5, 0.6) is 0 Å². The lowest BCUT2D eigenvalue weighted by molar-refractivity contribution is -0.116. The molecular weight excluding hydrogens is 460 g/mol. The smallest absolute Gasteiger partial charge is 0.257 e. The van der Waals surface area contributed by atoms with Crippen molar-refractivity contribution in [2.75, 3.05) is 18.4 Å². The topological polar surface area (TPSA) is 75.4 Å². The molecule has 0 saturated heterocycles. The molecule has 0 aliphatic carbocycles. The minimum atomic E-state index is -0.885. The molecule has 0 aliphatic rings. The first-order chi connectivity index (χ1) is 16.5. The van der Waals surface area contributed by atoms with E-state index >= 15 is 0 Å². The lowest BCUT2D eigenvalue weighted by atomic mass is 10.1. The number of amides is 2. The van der Waals surface area contributed by atoms with E-state index in [2.05, 4.69) is 10.3 Å². The maximum Gasteiger partial charge on any atom is 0.257 e. The van der Waals surface area contributed by atoms with Crippen molar-refractivity contribution in [3.05, 3.63) is 89.5 Å². The monoisotopic (exact) mass is 481 g/mol. The van der Waals surface area contributed by atoms with E-state index in [1.807, 2.05) is 36.4 Å². The molecule has 174 valence electrons. The van der Waals surface area contributed by atoms with E-state index in [9.17, 15) is 18.4 Å². The molecular formula is C25H21F2N3O3S. The summed E-state index contributed by atoms with van der Waals surface area (Å²) < 4.78 is 33.4. The molecule has 9 heteroatoms. The van der Waals surface area contributed by atoms with Crippen molar-refractivity contribution in [2.45, 2.75) is 17.9 Å². The van der Waals surface area contributed by atoms with E-state index in [1.54, 1.807) is 19.1 Å². The summed E-state index contributed by atoms with van der Waals surface area (Å²) in [5, 5.41) is 2.70. The number of para-hydroxylation sites is 3. The number of carbonyl (C=O) groups is 2. The molecule has 4 aromatic rings. The van der Waals surface area contributed by atoms with Crippen LogP contribution in [0.25, 0.3) is 11.1 Å². The fourth-order valence-corrected chi connectivity index (χ4v) is 4.22. The molecule has 0 fully saturated rings. The normalized spacial score (nSPS) is 10.9. The van der Waals surface area contributed by atoms with E-state index in [0.717, 1.165) is 23.2 Å². The first kappa shape index (κ1) is 23.4. The summed E-state index contributed by atoms with van der Waals surface area (Å²) in [7, 11) is 0. The van der Waals surface area contributed by atoms with Gasteiger partial charge in [-0.3, -0.25) is 9.59 Å². The Morgan fingerprint density at radius 1 is 1.00 bits per heavy atom. The zero-order valence-electron chi connectivity index (χ0n) is 18.3. The molecule has 1 aromatic heterocycles. The Morgan fingerprint density at radius 2 is 1.71 bits per heavy atom. The van der Waals surface area contributed by atoms with Gasteiger partial charge in [-0.1, -0.05) is 48.2 Å². The largest absolute Gasteiger partial charge is 0.431 e. The van der Waals surface area contributed by atoms with Crippen LogP contribution in [-0.2, 0) is 10.5 Å². The molecule has 0 atom stereocenters. The fraction of sp³-hybridized carbons (Fsp3) is 0.160. The van der Waals surface area contributed by atoms with Crippen molar-refractivity contribution in [3.8, 4) is 0 Å². The van der Waals surface area contributed by atoms with Gasteiger partial charge in [0, 0.05) is 17.9 Å². The second-order valence-electron chi connectivity index (χ2n) is 7.36. The van der Waals surface area contributed by atoms with Crippen molar-refractivity contribution >= 4 is 40.4 Å². The van der Waals surface area contributed by atoms with Gasteiger partial charge in [-0.05, 0) is 42.8 Å². The molecule has 0 unspecified atom stereocenters. The summed E-state index contributed by atoms with van der Waals surface area (Å²) in [5.74, 6) is -2.40. The number of halogens is 2. The van der Waals surface area contributed by atoms with Gasteiger partial charge in [0.25, 0.3) is 11.1 Å². The Balaban J connectivity index is 1.46. The average Bonchev–Trinajstić information content (AvgIpc) is 3.26. The molecule has 1 heterocycles. The van der Waals surface area contributed by atoms with Gasteiger partial charge >= 0.3 is 0 Å². The second kappa shape index (κ2) is 10.5. The number of carbonyl (C=O) groups excluding carboxylic acids is 2. The van der Waals surface area contributed by atoms with Gasteiger partial charge in [-0.2, -0.15) is 0 Å². The third-order valence-electron chi connectivity index (χ3n) is 5.10. The van der Waals surface area contributed by atoms with Gasteiger partial charge in [0.1, 0.15) is 29.4 Å². The third-order valence-corrected chi connectivity index (χ3v) is 5.98. The SMILES string of the molecule is CCN(CC(=O)Nc1c(F)cccc1F)C(=O)c1ccccc1CSc1nc2ccccc2o1. The molecule has 1 N–H and O–H groups in total. The van der Waals surface area contributed by atoms with Crippen molar-refractivity contribution in [1.82, 2.24) is 9.88 Å². The average molecular weight is 482 g/mol. The molecule has 4 rings (SSSR count). The summed E-state index contributed by atoms with van der Waals surface area (Å²) >= 11 is 1.36. The first-order valence-electron chi connectivity index (χ1n) is 10.6. The van der Waals surface area contributed by atoms with E-state index in [1.165, 1.54) is 22.7 Å². The Hall–Kier alpha value is -3.72. The van der Waals surface area contributed by atoms with E-state index in [-0.39, 0.29) is 19.0 Å². The van der Waals surface area contributed by atoms with Gasteiger partial charge in [-0.25, -0.2) is 13.8 Å². The number of anilines is 1. The van der Waals surface area contributed by atoms with Crippen LogP contribution in [0.2, 0.25) is 0 Å². The third kappa shape index (κ3) is 5.26. The maximum atomic E-state index is 13.8. The Bertz CT molecular complexity index is 1290. The van der Waals surface area contributed by atoms with Gasteiger partial charge in [0.05, 0.1) is 0 Å². The highest BCUT2D eigenvalue weighted by Crippen LogP contribution is 2.27. The molecule has 0 aliphatic heterocycles. The van der Waals surface area contributed by atoms with E-state index in [4.69, 9.17) is 4.42 Å². The van der Waals surface area contributed by atoms with Crippen molar-refractivity contribution < 1.29 is 22.8 Å². The molecule has 3 aromatic carbocycles. The summed E-state index contributed by atoms with van der Waals surface area (Å²) in [6.07, 6.45) is 0. The van der Waals surface area contributed by atoms with Gasteiger partial charge in [0.15, 0.2) is 5.58 Å². The molecule has 34 heavy (non-hydrogen) atoms. The molecule has 0 spiro atoms. The standard InChI is InChI=1S/C25H21F2N3O3S/c1-2-30(14-22(31)29-23-18(26)10-7-11-19(23)27)24(32)17-9-4-3-8-16(17)15-34-25-28-20-12-5-6-13-21(20)33-25/h3-13H,2,14-15H2,1H3,(H,29,31). The summed E-state index contributed by atoms with van der Waals surface area (Å²) in [6, 6.07) is 17.8. The van der Waals surface area contributed by atoms with Crippen molar-refractivity contribution in [2.24, 2.45) is 0 Å². The Morgan fingerprint density at radius 3 is 2.44 bits per heavy atom. The number of fused-ring (bicyclic) bond motifs is 1. The lowest BCUT2D eigenvalue weighted by Gasteiger charge is -2.22. The quantitative estimate of drug-likeness (QED) is 0.337. The first-order valence-corrected chi connectivity index (χ1v) is 11.5. The van der Waals surface area contributed by atoms with Crippen LogP contribution >= 0.6 is 11.8 Å². The number of thioether (sulfide) groups is 1. The number of oxazole rings is 1. The second-order valence-corrected chi connectivity index (χ2v) is 8.28. The number of aromatic nitrogens is 1. The highest BCUT2D eigenvalue weighted by molar-refractivity contribution is 7.98.